The van der Waals surface area contributed by atoms with Crippen molar-refractivity contribution in [3.8, 4) is 11.1 Å². The van der Waals surface area contributed by atoms with E-state index in [0.29, 0.717) is 0 Å². The lowest BCUT2D eigenvalue weighted by Gasteiger charge is -2.03. The lowest BCUT2D eigenvalue weighted by atomic mass is 10.1. The summed E-state index contributed by atoms with van der Waals surface area (Å²) in [5.74, 6) is 0. The quantitative estimate of drug-likeness (QED) is 0.384. The Labute approximate surface area is 139 Å². The third-order valence-electron chi connectivity index (χ3n) is 4.22. The predicted molar refractivity (Wildman–Crippen MR) is 95.0 cm³/mol. The van der Waals surface area contributed by atoms with Crippen molar-refractivity contribution in [3.63, 3.8) is 0 Å². The van der Waals surface area contributed by atoms with Crippen LogP contribution in [0.25, 0.3) is 11.1 Å². The third-order valence-corrected chi connectivity index (χ3v) is 4.22. The minimum Gasteiger partial charge on any atom is -0.258 e. The first-order chi connectivity index (χ1) is 11.6. The van der Waals surface area contributed by atoms with Crippen molar-refractivity contribution in [1.29, 1.82) is 0 Å². The highest BCUT2D eigenvalue weighted by Crippen LogP contribution is 2.39. The molecule has 0 bridgehead atoms. The summed E-state index contributed by atoms with van der Waals surface area (Å²) in [5.41, 5.74) is 6.74. The highest BCUT2D eigenvalue weighted by molar-refractivity contribution is 6.25. The van der Waals surface area contributed by atoms with Gasteiger partial charge >= 0.3 is 0 Å². The van der Waals surface area contributed by atoms with Gasteiger partial charge in [-0.05, 0) is 36.2 Å². The van der Waals surface area contributed by atoms with E-state index in [1.54, 1.807) is 12.1 Å². The molecule has 3 aromatic carbocycles. The Kier molecular flexibility index (Phi) is 3.24. The number of nitro groups is 1. The molecule has 0 amide bonds. The molecule has 1 aliphatic rings. The third kappa shape index (κ3) is 2.29. The van der Waals surface area contributed by atoms with Crippen molar-refractivity contribution in [1.82, 2.24) is 0 Å². The zero-order valence-electron chi connectivity index (χ0n) is 13.1. The van der Waals surface area contributed by atoms with E-state index in [9.17, 15) is 10.1 Å². The Hall–Kier alpha value is -3.27. The zero-order valence-corrected chi connectivity index (χ0v) is 13.1. The molecule has 0 aliphatic heterocycles. The lowest BCUT2D eigenvalue weighted by molar-refractivity contribution is -0.384. The van der Waals surface area contributed by atoms with Crippen molar-refractivity contribution < 1.29 is 4.92 Å². The Morgan fingerprint density at radius 3 is 2.21 bits per heavy atom. The van der Waals surface area contributed by atoms with Crippen molar-refractivity contribution in [2.75, 3.05) is 0 Å². The van der Waals surface area contributed by atoms with Crippen molar-refractivity contribution in [3.05, 3.63) is 93.5 Å². The van der Waals surface area contributed by atoms with Gasteiger partial charge in [0, 0.05) is 23.3 Å². The molecule has 0 heterocycles. The number of nitrogens with zero attached hydrogens (tertiary/aromatic N) is 2. The highest BCUT2D eigenvalue weighted by atomic mass is 16.6. The van der Waals surface area contributed by atoms with Crippen molar-refractivity contribution >= 4 is 17.1 Å². The van der Waals surface area contributed by atoms with Gasteiger partial charge in [0.1, 0.15) is 0 Å². The van der Waals surface area contributed by atoms with Gasteiger partial charge in [-0.15, -0.1) is 0 Å². The van der Waals surface area contributed by atoms with Crippen LogP contribution in [0.3, 0.4) is 0 Å². The first-order valence-corrected chi connectivity index (χ1v) is 7.67. The highest BCUT2D eigenvalue weighted by Gasteiger charge is 2.26. The van der Waals surface area contributed by atoms with Crippen LogP contribution in [0.15, 0.2) is 71.7 Å². The van der Waals surface area contributed by atoms with Crippen LogP contribution in [-0.2, 0) is 0 Å². The number of aliphatic imine (C=N–C) groups is 1. The number of fused-ring (bicyclic) bond motifs is 3. The molecule has 24 heavy (non-hydrogen) atoms. The van der Waals surface area contributed by atoms with E-state index in [0.717, 1.165) is 33.7 Å². The van der Waals surface area contributed by atoms with Gasteiger partial charge in [-0.25, -0.2) is 4.99 Å². The summed E-state index contributed by atoms with van der Waals surface area (Å²) in [4.78, 5) is 15.5. The largest absolute Gasteiger partial charge is 0.270 e. The van der Waals surface area contributed by atoms with Crippen molar-refractivity contribution in [2.45, 2.75) is 6.92 Å². The first kappa shape index (κ1) is 14.3. The van der Waals surface area contributed by atoms with E-state index < -0.39 is 0 Å². The number of non-ortho nitro benzene ring substituents is 1. The van der Waals surface area contributed by atoms with E-state index in [1.165, 1.54) is 5.56 Å². The summed E-state index contributed by atoms with van der Waals surface area (Å²) in [5, 5.41) is 11.1. The number of rotatable bonds is 2. The first-order valence-electron chi connectivity index (χ1n) is 7.67. The maximum absolute atomic E-state index is 11.1. The summed E-state index contributed by atoms with van der Waals surface area (Å²) in [7, 11) is 0. The molecule has 4 rings (SSSR count). The number of hydrogen-bond acceptors (Lipinski definition) is 3. The van der Waals surface area contributed by atoms with Gasteiger partial charge in [-0.3, -0.25) is 10.1 Å². The monoisotopic (exact) mass is 314 g/mol. The zero-order chi connectivity index (χ0) is 16.7. The van der Waals surface area contributed by atoms with Crippen LogP contribution < -0.4 is 0 Å². The Bertz CT molecular complexity index is 989. The summed E-state index contributed by atoms with van der Waals surface area (Å²) >= 11 is 0. The van der Waals surface area contributed by atoms with Crippen LogP contribution in [0.1, 0.15) is 16.7 Å². The SMILES string of the molecule is Cc1ccc(N=C2c3ccccc3-c3ccc([N+](=O)[O-])cc32)cc1. The van der Waals surface area contributed by atoms with E-state index >= 15 is 0 Å². The second kappa shape index (κ2) is 5.42. The minimum atomic E-state index is -0.368. The Balaban J connectivity index is 1.95. The predicted octanol–water partition coefficient (Wildman–Crippen LogP) is 5.05. The molecular formula is C20H14N2O2. The van der Waals surface area contributed by atoms with E-state index in [1.807, 2.05) is 61.5 Å². The standard InChI is InChI=1S/C20H14N2O2/c1-13-6-8-14(9-7-13)21-20-18-5-3-2-4-16(18)17-11-10-15(22(23)24)12-19(17)20/h2-12H,1H3. The molecule has 0 atom stereocenters. The summed E-state index contributed by atoms with van der Waals surface area (Å²) in [6, 6.07) is 20.9. The average molecular weight is 314 g/mol. The topological polar surface area (TPSA) is 55.5 Å². The molecular weight excluding hydrogens is 300 g/mol. The molecule has 0 saturated heterocycles. The van der Waals surface area contributed by atoms with Crippen molar-refractivity contribution in [2.24, 2.45) is 4.99 Å². The van der Waals surface area contributed by atoms with Gasteiger partial charge < -0.3 is 0 Å². The fraction of sp³-hybridized carbons (Fsp3) is 0.0500. The molecule has 116 valence electrons. The molecule has 0 fully saturated rings. The smallest absolute Gasteiger partial charge is 0.258 e. The molecule has 0 radical (unpaired) electrons. The maximum Gasteiger partial charge on any atom is 0.270 e. The van der Waals surface area contributed by atoms with Gasteiger partial charge in [-0.1, -0.05) is 42.0 Å². The molecule has 4 heteroatoms. The van der Waals surface area contributed by atoms with Gasteiger partial charge in [-0.2, -0.15) is 0 Å². The van der Waals surface area contributed by atoms with E-state index in [2.05, 4.69) is 0 Å². The van der Waals surface area contributed by atoms with Crippen LogP contribution in [0, 0.1) is 17.0 Å². The van der Waals surface area contributed by atoms with E-state index in [-0.39, 0.29) is 10.6 Å². The fourth-order valence-corrected chi connectivity index (χ4v) is 3.02. The van der Waals surface area contributed by atoms with Crippen LogP contribution >= 0.6 is 0 Å². The molecule has 0 unspecified atom stereocenters. The second-order valence-electron chi connectivity index (χ2n) is 5.83. The number of nitro benzene ring substituents is 1. The van der Waals surface area contributed by atoms with Gasteiger partial charge in [0.05, 0.1) is 16.3 Å². The Morgan fingerprint density at radius 1 is 0.833 bits per heavy atom. The van der Waals surface area contributed by atoms with Crippen LogP contribution in [0.5, 0.6) is 0 Å². The van der Waals surface area contributed by atoms with Gasteiger partial charge in [0.25, 0.3) is 5.69 Å². The van der Waals surface area contributed by atoms with Crippen LogP contribution in [0.2, 0.25) is 0 Å². The number of aryl methyl sites for hydroxylation is 1. The average Bonchev–Trinajstić information content (AvgIpc) is 2.90. The molecule has 0 spiro atoms. The summed E-state index contributed by atoms with van der Waals surface area (Å²) < 4.78 is 0. The normalized spacial score (nSPS) is 13.6. The molecule has 0 aromatic heterocycles. The maximum atomic E-state index is 11.1. The number of hydrogen-bond donors (Lipinski definition) is 0. The summed E-state index contributed by atoms with van der Waals surface area (Å²) in [6.07, 6.45) is 0. The van der Waals surface area contributed by atoms with Gasteiger partial charge in [0.15, 0.2) is 0 Å². The molecule has 0 saturated carbocycles. The molecule has 4 nitrogen and oxygen atoms in total. The molecule has 0 N–H and O–H groups in total. The van der Waals surface area contributed by atoms with Gasteiger partial charge in [0.2, 0.25) is 0 Å². The number of benzene rings is 3. The minimum absolute atomic E-state index is 0.0816. The molecule has 1 aliphatic carbocycles. The Morgan fingerprint density at radius 2 is 1.50 bits per heavy atom. The van der Waals surface area contributed by atoms with Crippen LogP contribution in [-0.4, -0.2) is 10.6 Å². The fourth-order valence-electron chi connectivity index (χ4n) is 3.02. The van der Waals surface area contributed by atoms with E-state index in [4.69, 9.17) is 4.99 Å². The van der Waals surface area contributed by atoms with Crippen LogP contribution in [0.4, 0.5) is 11.4 Å². The summed E-state index contributed by atoms with van der Waals surface area (Å²) in [6.45, 7) is 2.03. The lowest BCUT2D eigenvalue weighted by Crippen LogP contribution is -1.99. The second-order valence-corrected chi connectivity index (χ2v) is 5.83. The molecule has 3 aromatic rings.